The topological polar surface area (TPSA) is 212 Å². The number of ether oxygens (including phenoxy) is 9. The number of fused-ring (bicyclic) bond motifs is 3. The molecule has 0 saturated carbocycles. The average Bonchev–Trinajstić information content (AvgIpc) is 0.767. The summed E-state index contributed by atoms with van der Waals surface area (Å²) in [4.78, 5) is 74.8. The molecule has 0 radical (unpaired) electrons. The summed E-state index contributed by atoms with van der Waals surface area (Å²) in [5.74, 6) is -0.620. The van der Waals surface area contributed by atoms with Gasteiger partial charge in [0.2, 0.25) is 0 Å². The zero-order valence-corrected chi connectivity index (χ0v) is 65.1. The van der Waals surface area contributed by atoms with Gasteiger partial charge in [-0.25, -0.2) is 42.5 Å². The number of rotatable bonds is 30. The third-order valence-electron chi connectivity index (χ3n) is 19.3. The molecule has 608 valence electrons. The number of benzene rings is 8. The lowest BCUT2D eigenvalue weighted by Crippen LogP contribution is -2.36. The minimum Gasteiger partial charge on any atom is -0.489 e. The Hall–Kier alpha value is -14.0. The lowest BCUT2D eigenvalue weighted by Gasteiger charge is -2.36. The van der Waals surface area contributed by atoms with E-state index in [0.29, 0.717) is 66.0 Å². The van der Waals surface area contributed by atoms with Crippen LogP contribution in [-0.4, -0.2) is 77.5 Å². The van der Waals surface area contributed by atoms with Gasteiger partial charge in [0.25, 0.3) is 0 Å². The summed E-state index contributed by atoms with van der Waals surface area (Å²) in [6, 6.07) is 83.4. The van der Waals surface area contributed by atoms with Gasteiger partial charge in [-0.3, -0.25) is 0 Å². The molecule has 21 heteroatoms. The van der Waals surface area contributed by atoms with Crippen molar-refractivity contribution in [1.82, 2.24) is 13.7 Å². The van der Waals surface area contributed by atoms with E-state index >= 15 is 0 Å². The number of aromatic nitrogens is 6. The Morgan fingerprint density at radius 3 is 1.03 bits per heavy atom. The molecular formula is C97H103N6O15+3. The molecule has 21 nitrogen and oxygen atoms in total. The molecule has 118 heavy (non-hydrogen) atoms. The van der Waals surface area contributed by atoms with Crippen molar-refractivity contribution >= 4 is 68.5 Å². The maximum Gasteiger partial charge on any atom is 0.354 e. The summed E-state index contributed by atoms with van der Waals surface area (Å²) < 4.78 is 61.0. The third kappa shape index (κ3) is 22.3. The summed E-state index contributed by atoms with van der Waals surface area (Å²) in [6.45, 7) is 1.73. The van der Waals surface area contributed by atoms with Gasteiger partial charge in [0.1, 0.15) is 85.4 Å². The number of carbonyl (C=O) groups excluding carboxylic acids is 6. The van der Waals surface area contributed by atoms with Gasteiger partial charge in [0.05, 0.1) is 39.0 Å². The normalized spacial score (nSPS) is 10.7. The number of hydrogen-bond acceptors (Lipinski definition) is 15. The highest BCUT2D eigenvalue weighted by atomic mass is 16.6. The van der Waals surface area contributed by atoms with Gasteiger partial charge >= 0.3 is 35.8 Å². The predicted molar refractivity (Wildman–Crippen MR) is 453 cm³/mol. The second-order valence-corrected chi connectivity index (χ2v) is 27.3. The number of nitrogens with zero attached hydrogens (tertiary/aromatic N) is 6. The molecule has 0 fully saturated rings. The van der Waals surface area contributed by atoms with E-state index in [4.69, 9.17) is 42.6 Å². The van der Waals surface area contributed by atoms with Gasteiger partial charge in [0.15, 0.2) is 56.2 Å². The Morgan fingerprint density at radius 1 is 0.331 bits per heavy atom. The van der Waals surface area contributed by atoms with Crippen molar-refractivity contribution in [3.05, 3.63) is 360 Å². The van der Waals surface area contributed by atoms with Gasteiger partial charge in [-0.15, -0.1) is 0 Å². The first-order valence-corrected chi connectivity index (χ1v) is 37.8. The average molecular weight is 1590 g/mol. The fraction of sp³-hybridized carbons (Fsp3) is 0.227. The Kier molecular flexibility index (Phi) is 32.0. The number of hydrogen-bond donors (Lipinski definition) is 0. The Morgan fingerprint density at radius 2 is 0.653 bits per heavy atom. The van der Waals surface area contributed by atoms with Crippen LogP contribution in [0.1, 0.15) is 151 Å². The van der Waals surface area contributed by atoms with Crippen LogP contribution in [0.3, 0.4) is 0 Å². The van der Waals surface area contributed by atoms with Gasteiger partial charge in [-0.1, -0.05) is 200 Å². The van der Waals surface area contributed by atoms with Crippen molar-refractivity contribution in [2.45, 2.75) is 99.6 Å². The summed E-state index contributed by atoms with van der Waals surface area (Å²) in [6.07, 6.45) is 16.5. The van der Waals surface area contributed by atoms with Crippen LogP contribution >= 0.6 is 0 Å². The van der Waals surface area contributed by atoms with Crippen molar-refractivity contribution in [1.29, 1.82) is 0 Å². The molecule has 14 aromatic rings. The van der Waals surface area contributed by atoms with Crippen LogP contribution in [0.2, 0.25) is 0 Å². The highest BCUT2D eigenvalue weighted by molar-refractivity contribution is 5.98. The second-order valence-electron chi connectivity index (χ2n) is 27.3. The molecular weight excluding hydrogens is 1490 g/mol. The van der Waals surface area contributed by atoms with Crippen LogP contribution in [0.25, 0.3) is 32.7 Å². The van der Waals surface area contributed by atoms with E-state index in [1.165, 1.54) is 21.3 Å². The van der Waals surface area contributed by atoms with Crippen LogP contribution in [0.4, 0.5) is 0 Å². The van der Waals surface area contributed by atoms with E-state index in [-0.39, 0.29) is 59.1 Å². The molecule has 0 saturated heterocycles. The molecule has 6 heterocycles. The molecule has 0 amide bonds. The summed E-state index contributed by atoms with van der Waals surface area (Å²) in [7, 11) is 9.58. The van der Waals surface area contributed by atoms with Gasteiger partial charge in [-0.2, -0.15) is 0 Å². The number of carbonyl (C=O) groups is 6. The number of aryl methyl sites for hydroxylation is 4. The van der Waals surface area contributed by atoms with Gasteiger partial charge in [-0.05, 0) is 115 Å². The summed E-state index contributed by atoms with van der Waals surface area (Å²) in [5.41, 5.74) is 9.15. The van der Waals surface area contributed by atoms with Crippen LogP contribution in [0.15, 0.2) is 298 Å². The van der Waals surface area contributed by atoms with Crippen molar-refractivity contribution in [2.24, 2.45) is 21.1 Å². The minimum absolute atomic E-state index is 0. The molecule has 6 aromatic heterocycles. The fourth-order valence-corrected chi connectivity index (χ4v) is 13.6. The van der Waals surface area contributed by atoms with Crippen LogP contribution < -0.4 is 27.9 Å². The highest BCUT2D eigenvalue weighted by Gasteiger charge is 2.39. The van der Waals surface area contributed by atoms with E-state index in [1.807, 2.05) is 226 Å². The van der Waals surface area contributed by atoms with Crippen molar-refractivity contribution < 1.29 is 85.1 Å². The first-order valence-electron chi connectivity index (χ1n) is 37.8. The van der Waals surface area contributed by atoms with E-state index in [2.05, 4.69) is 41.0 Å². The van der Waals surface area contributed by atoms with Crippen molar-refractivity contribution in [3.63, 3.8) is 0 Å². The van der Waals surface area contributed by atoms with E-state index in [0.717, 1.165) is 99.1 Å². The maximum absolute atomic E-state index is 13.0. The predicted octanol–water partition coefficient (Wildman–Crippen LogP) is 18.0. The molecule has 0 aliphatic rings. The monoisotopic (exact) mass is 1590 g/mol. The molecule has 0 bridgehead atoms. The Balaban J connectivity index is 0.000000208. The smallest absolute Gasteiger partial charge is 0.354 e. The standard InChI is InChI=1S/C44H45N2O5.2C25H23N2O5.3CH4/c1-45-28-18-19-34(33-45)42(47)50-30-17-6-4-3-5-16-29-46-40-27-26-39(31-35(40)32-41(46)43(48)49-2)51-44(36-20-10-7-11-21-36,37-22-12-8-13-23-37)38-24-14-9-15-25-38;2*1-26-12-6-9-19(15-26)24(28)32-17-27-22-11-10-21(31-16-18-7-4-3-5-8-18)13-20(22)14-23(27)25(29)30-2;;;/h7-15,18-28,31-33H,3-6,16-17,29-30H2,1-2H3;2*3-15H,16-17H2,1-2H3;3*1H4/q3*+1;;;. The molecule has 0 atom stereocenters. The van der Waals surface area contributed by atoms with Crippen molar-refractivity contribution in [3.8, 4) is 17.2 Å². The fourth-order valence-electron chi connectivity index (χ4n) is 13.6. The summed E-state index contributed by atoms with van der Waals surface area (Å²) in [5, 5.41) is 2.46. The maximum atomic E-state index is 13.0. The number of esters is 6. The lowest BCUT2D eigenvalue weighted by atomic mass is 9.80. The highest BCUT2D eigenvalue weighted by Crippen LogP contribution is 2.42. The molecule has 14 rings (SSSR count). The van der Waals surface area contributed by atoms with E-state index in [9.17, 15) is 28.8 Å². The zero-order chi connectivity index (χ0) is 80.5. The quantitative estimate of drug-likeness (QED) is 0.0135. The minimum atomic E-state index is -0.910. The molecule has 0 aliphatic heterocycles. The first kappa shape index (κ1) is 88.0. The molecule has 0 spiro atoms. The first-order chi connectivity index (χ1) is 56.1. The number of unbranched alkanes of at least 4 members (excludes halogenated alkanes) is 5. The molecule has 0 aliphatic carbocycles. The number of methoxy groups -OCH3 is 3. The van der Waals surface area contributed by atoms with E-state index in [1.54, 1.807) is 79.3 Å². The van der Waals surface area contributed by atoms with Crippen LogP contribution in [0.5, 0.6) is 17.2 Å². The summed E-state index contributed by atoms with van der Waals surface area (Å²) >= 11 is 0. The lowest BCUT2D eigenvalue weighted by molar-refractivity contribution is -0.671. The van der Waals surface area contributed by atoms with Crippen LogP contribution in [-0.2, 0) is 88.4 Å². The second kappa shape index (κ2) is 43.0. The third-order valence-corrected chi connectivity index (χ3v) is 19.3. The molecule has 0 unspecified atom stereocenters. The van der Waals surface area contributed by atoms with Crippen molar-refractivity contribution in [2.75, 3.05) is 27.9 Å². The van der Waals surface area contributed by atoms with Gasteiger partial charge in [0, 0.05) is 63.1 Å². The Bertz CT molecular complexity index is 5360. The number of pyridine rings is 3. The molecule has 0 N–H and O–H groups in total. The van der Waals surface area contributed by atoms with Gasteiger partial charge < -0.3 is 56.3 Å². The zero-order valence-electron chi connectivity index (χ0n) is 65.1. The Labute approximate surface area is 689 Å². The van der Waals surface area contributed by atoms with Crippen LogP contribution in [0, 0.1) is 0 Å². The molecule has 8 aromatic carbocycles. The largest absolute Gasteiger partial charge is 0.489 e. The van der Waals surface area contributed by atoms with E-state index < -0.39 is 29.5 Å². The SMILES string of the molecule is C.C.C.COC(=O)c1cc2cc(OC(c3ccccc3)(c3ccccc3)c3ccccc3)ccc2n1CCCCCCCCOC(=O)c1ccc[n+](C)c1.COC(=O)c1cc2cc(OCc3ccccc3)ccc2n1COC(=O)c1ccc[n+](C)c1.COC(=O)c1cc2cc(OCc3ccccc3)ccc2n1COC(=O)c1ccc[n+](C)c1.